The lowest BCUT2D eigenvalue weighted by atomic mass is 10.2. The lowest BCUT2D eigenvalue weighted by molar-refractivity contribution is 0.236. The van der Waals surface area contributed by atoms with Crippen LogP contribution in [0.25, 0.3) is 0 Å². The zero-order chi connectivity index (χ0) is 14.3. The summed E-state index contributed by atoms with van der Waals surface area (Å²) in [5.74, 6) is -2.06. The highest BCUT2D eigenvalue weighted by atomic mass is 19.2. The van der Waals surface area contributed by atoms with Crippen LogP contribution in [-0.4, -0.2) is 23.8 Å². The van der Waals surface area contributed by atoms with Crippen molar-refractivity contribution in [2.45, 2.75) is 25.8 Å². The Balaban J connectivity index is 2.40. The molecule has 7 heteroatoms. The number of hydrogen-bond acceptors (Lipinski definition) is 3. The second kappa shape index (κ2) is 7.52. The van der Waals surface area contributed by atoms with Crippen LogP contribution in [0.15, 0.2) is 18.2 Å². The Morgan fingerprint density at radius 3 is 2.84 bits per heavy atom. The molecule has 0 heterocycles. The van der Waals surface area contributed by atoms with E-state index < -0.39 is 17.7 Å². The van der Waals surface area contributed by atoms with Crippen LogP contribution in [-0.2, 0) is 0 Å². The molecule has 0 aliphatic heterocycles. The number of benzene rings is 1. The summed E-state index contributed by atoms with van der Waals surface area (Å²) in [5.41, 5.74) is 4.34. The van der Waals surface area contributed by atoms with Crippen LogP contribution < -0.4 is 16.2 Å². The largest absolute Gasteiger partial charge is 0.396 e. The molecule has 0 spiro atoms. The van der Waals surface area contributed by atoms with Gasteiger partial charge in [-0.3, -0.25) is 10.9 Å². The molecule has 4 N–H and O–H groups in total. The van der Waals surface area contributed by atoms with Crippen molar-refractivity contribution < 1.29 is 18.7 Å². The van der Waals surface area contributed by atoms with Gasteiger partial charge in [-0.05, 0) is 31.9 Å². The molecule has 5 nitrogen and oxygen atoms in total. The van der Waals surface area contributed by atoms with E-state index in [9.17, 15) is 13.6 Å². The number of hydrogen-bond donors (Lipinski definition) is 4. The van der Waals surface area contributed by atoms with Crippen LogP contribution in [0, 0.1) is 11.6 Å². The fourth-order valence-electron chi connectivity index (χ4n) is 1.45. The number of rotatable bonds is 6. The molecular weight excluding hydrogens is 256 g/mol. The number of anilines is 1. The number of aliphatic hydroxyl groups is 1. The number of carbonyl (C=O) groups excluding carboxylic acids is 1. The summed E-state index contributed by atoms with van der Waals surface area (Å²) in [5, 5.41) is 11.2. The Morgan fingerprint density at radius 2 is 2.16 bits per heavy atom. The Hall–Kier alpha value is -1.89. The van der Waals surface area contributed by atoms with Crippen molar-refractivity contribution in [1.29, 1.82) is 0 Å². The van der Waals surface area contributed by atoms with Crippen LogP contribution in [0.1, 0.15) is 19.8 Å². The normalized spacial score (nSPS) is 11.8. The predicted octanol–water partition coefficient (Wildman–Crippen LogP) is 1.75. The smallest absolute Gasteiger partial charge is 0.333 e. The highest BCUT2D eigenvalue weighted by molar-refractivity contribution is 5.75. The predicted molar refractivity (Wildman–Crippen MR) is 67.4 cm³/mol. The summed E-state index contributed by atoms with van der Waals surface area (Å²) in [6, 6.07) is 2.91. The third kappa shape index (κ3) is 5.09. The molecule has 1 aromatic rings. The van der Waals surface area contributed by atoms with Crippen molar-refractivity contribution in [2.75, 3.05) is 12.0 Å². The first-order valence-electron chi connectivity index (χ1n) is 5.92. The van der Waals surface area contributed by atoms with Crippen LogP contribution >= 0.6 is 0 Å². The van der Waals surface area contributed by atoms with Crippen molar-refractivity contribution in [1.82, 2.24) is 10.7 Å². The Bertz CT molecular complexity index is 429. The first-order valence-corrected chi connectivity index (χ1v) is 5.92. The van der Waals surface area contributed by atoms with E-state index in [-0.39, 0.29) is 18.3 Å². The van der Waals surface area contributed by atoms with Gasteiger partial charge >= 0.3 is 6.03 Å². The number of urea groups is 1. The highest BCUT2D eigenvalue weighted by Crippen LogP contribution is 2.15. The molecule has 0 aliphatic carbocycles. The molecule has 0 fully saturated rings. The van der Waals surface area contributed by atoms with E-state index in [1.54, 1.807) is 6.92 Å². The summed E-state index contributed by atoms with van der Waals surface area (Å²) < 4.78 is 26.1. The van der Waals surface area contributed by atoms with Crippen molar-refractivity contribution in [3.8, 4) is 0 Å². The Kier molecular flexibility index (Phi) is 6.01. The lowest BCUT2D eigenvalue weighted by Crippen LogP contribution is -2.43. The summed E-state index contributed by atoms with van der Waals surface area (Å²) in [6.45, 7) is 1.83. The summed E-state index contributed by atoms with van der Waals surface area (Å²) in [4.78, 5) is 11.4. The number of hydrazine groups is 1. The van der Waals surface area contributed by atoms with Gasteiger partial charge in [0.1, 0.15) is 0 Å². The zero-order valence-corrected chi connectivity index (χ0v) is 10.5. The van der Waals surface area contributed by atoms with Crippen LogP contribution in [0.5, 0.6) is 0 Å². The Labute approximate surface area is 110 Å². The molecule has 0 bridgehead atoms. The van der Waals surface area contributed by atoms with Crippen molar-refractivity contribution >= 4 is 11.7 Å². The first-order chi connectivity index (χ1) is 9.04. The molecule has 1 aromatic carbocycles. The Morgan fingerprint density at radius 1 is 1.42 bits per heavy atom. The maximum atomic E-state index is 13.2. The number of aliphatic hydroxyl groups excluding tert-OH is 1. The number of halogens is 2. The summed E-state index contributed by atoms with van der Waals surface area (Å²) >= 11 is 0. The number of nitrogens with one attached hydrogen (secondary N) is 3. The van der Waals surface area contributed by atoms with Crippen molar-refractivity contribution in [3.05, 3.63) is 29.8 Å². The van der Waals surface area contributed by atoms with Crippen LogP contribution in [0.2, 0.25) is 0 Å². The van der Waals surface area contributed by atoms with E-state index in [1.807, 2.05) is 0 Å². The first kappa shape index (κ1) is 15.2. The molecule has 0 saturated heterocycles. The molecular formula is C12H17F2N3O2. The van der Waals surface area contributed by atoms with Crippen LogP contribution in [0.4, 0.5) is 19.3 Å². The number of carbonyl (C=O) groups is 1. The highest BCUT2D eigenvalue weighted by Gasteiger charge is 2.09. The van der Waals surface area contributed by atoms with Gasteiger partial charge in [-0.15, -0.1) is 0 Å². The maximum absolute atomic E-state index is 13.2. The fraction of sp³-hybridized carbons (Fsp3) is 0.417. The van der Waals surface area contributed by atoms with Crippen molar-refractivity contribution in [2.24, 2.45) is 0 Å². The molecule has 0 aliphatic rings. The van der Waals surface area contributed by atoms with Gasteiger partial charge in [-0.2, -0.15) is 0 Å². The molecule has 1 rings (SSSR count). The fourth-order valence-corrected chi connectivity index (χ4v) is 1.45. The third-order valence-corrected chi connectivity index (χ3v) is 2.44. The van der Waals surface area contributed by atoms with Gasteiger partial charge in [-0.25, -0.2) is 13.6 Å². The van der Waals surface area contributed by atoms with Crippen LogP contribution in [0.3, 0.4) is 0 Å². The van der Waals surface area contributed by atoms with Gasteiger partial charge < -0.3 is 10.4 Å². The maximum Gasteiger partial charge on any atom is 0.333 e. The van der Waals surface area contributed by atoms with E-state index in [0.29, 0.717) is 12.8 Å². The average molecular weight is 273 g/mol. The standard InChI is InChI=1S/C12H17F2N3O2/c1-8(4-3-7-18)15-12(19)17-16-10-6-2-5-9(13)11(10)14/h2,5-6,8,16,18H,3-4,7H2,1H3,(H2,15,17,19). The SMILES string of the molecule is CC(CCCO)NC(=O)NNc1cccc(F)c1F. The molecule has 0 aromatic heterocycles. The van der Waals surface area contributed by atoms with E-state index in [0.717, 1.165) is 6.07 Å². The average Bonchev–Trinajstić information content (AvgIpc) is 2.38. The molecule has 2 amide bonds. The van der Waals surface area contributed by atoms with Gasteiger partial charge in [-0.1, -0.05) is 6.07 Å². The lowest BCUT2D eigenvalue weighted by Gasteiger charge is -2.15. The minimum absolute atomic E-state index is 0.0559. The van der Waals surface area contributed by atoms with Gasteiger partial charge in [0.2, 0.25) is 0 Å². The van der Waals surface area contributed by atoms with E-state index in [2.05, 4.69) is 16.2 Å². The molecule has 1 unspecified atom stereocenters. The van der Waals surface area contributed by atoms with Crippen molar-refractivity contribution in [3.63, 3.8) is 0 Å². The summed E-state index contributed by atoms with van der Waals surface area (Å²) in [6.07, 6.45) is 1.20. The minimum atomic E-state index is -1.06. The summed E-state index contributed by atoms with van der Waals surface area (Å²) in [7, 11) is 0. The quantitative estimate of drug-likeness (QED) is 0.597. The monoisotopic (exact) mass is 273 g/mol. The van der Waals surface area contributed by atoms with Gasteiger partial charge in [0.25, 0.3) is 0 Å². The van der Waals surface area contributed by atoms with E-state index >= 15 is 0 Å². The van der Waals surface area contributed by atoms with Gasteiger partial charge in [0.15, 0.2) is 11.6 Å². The second-order valence-corrected chi connectivity index (χ2v) is 4.09. The topological polar surface area (TPSA) is 73.4 Å². The number of amides is 2. The minimum Gasteiger partial charge on any atom is -0.396 e. The van der Waals surface area contributed by atoms with E-state index in [4.69, 9.17) is 5.11 Å². The molecule has 0 radical (unpaired) electrons. The molecule has 0 saturated carbocycles. The third-order valence-electron chi connectivity index (χ3n) is 2.44. The second-order valence-electron chi connectivity index (χ2n) is 4.09. The van der Waals surface area contributed by atoms with E-state index in [1.165, 1.54) is 12.1 Å². The molecule has 1 atom stereocenters. The zero-order valence-electron chi connectivity index (χ0n) is 10.5. The molecule has 19 heavy (non-hydrogen) atoms. The molecule has 106 valence electrons. The van der Waals surface area contributed by atoms with Gasteiger partial charge in [0.05, 0.1) is 5.69 Å². The van der Waals surface area contributed by atoms with Gasteiger partial charge in [0, 0.05) is 12.6 Å².